The maximum Gasteiger partial charge on any atom is 0.274 e. The SMILES string of the molecule is C[C@H]1CN(c2ccncc2NC(=O)c2ccc(F)c(-c3c(F)cccc3F)n2)C[C@@H](N)[C@H]1n1ccnn1. The molecule has 0 saturated carbocycles. The Morgan fingerprint density at radius 3 is 2.54 bits per heavy atom. The second-order valence-corrected chi connectivity index (χ2v) is 8.89. The van der Waals surface area contributed by atoms with Crippen LogP contribution in [-0.4, -0.2) is 50.0 Å². The highest BCUT2D eigenvalue weighted by molar-refractivity contribution is 6.04. The number of nitrogens with two attached hydrogens (primary N) is 1. The molecule has 4 heterocycles. The van der Waals surface area contributed by atoms with E-state index in [-0.39, 0.29) is 23.7 Å². The van der Waals surface area contributed by atoms with Crippen LogP contribution in [0, 0.1) is 23.4 Å². The number of hydrogen-bond acceptors (Lipinski definition) is 7. The Hall–Kier alpha value is -4.32. The monoisotopic (exact) mass is 508 g/mol. The van der Waals surface area contributed by atoms with E-state index in [1.165, 1.54) is 6.20 Å². The fourth-order valence-electron chi connectivity index (χ4n) is 4.76. The molecule has 5 rings (SSSR count). The predicted molar refractivity (Wildman–Crippen MR) is 130 cm³/mol. The topological polar surface area (TPSA) is 115 Å². The van der Waals surface area contributed by atoms with Crippen LogP contribution in [0.1, 0.15) is 23.5 Å². The molecule has 9 nitrogen and oxygen atoms in total. The smallest absolute Gasteiger partial charge is 0.274 e. The minimum absolute atomic E-state index is 0.0424. The molecule has 0 unspecified atom stereocenters. The summed E-state index contributed by atoms with van der Waals surface area (Å²) >= 11 is 0. The summed E-state index contributed by atoms with van der Waals surface area (Å²) in [5.74, 6) is -3.52. The lowest BCUT2D eigenvalue weighted by molar-refractivity contribution is 0.102. The number of rotatable bonds is 5. The van der Waals surface area contributed by atoms with E-state index in [1.807, 2.05) is 4.90 Å². The zero-order valence-electron chi connectivity index (χ0n) is 19.7. The van der Waals surface area contributed by atoms with Crippen LogP contribution in [0.25, 0.3) is 11.3 Å². The van der Waals surface area contributed by atoms with Crippen molar-refractivity contribution in [1.29, 1.82) is 0 Å². The van der Waals surface area contributed by atoms with Gasteiger partial charge in [-0.1, -0.05) is 18.2 Å². The normalized spacial score (nSPS) is 19.6. The molecule has 1 saturated heterocycles. The molecule has 0 bridgehead atoms. The van der Waals surface area contributed by atoms with Gasteiger partial charge in [-0.05, 0) is 36.2 Å². The summed E-state index contributed by atoms with van der Waals surface area (Å²) in [6, 6.07) is 6.68. The molecular formula is C25H23F3N8O. The first-order valence-corrected chi connectivity index (χ1v) is 11.6. The molecule has 1 aliphatic rings. The number of carbonyl (C=O) groups is 1. The average molecular weight is 509 g/mol. The van der Waals surface area contributed by atoms with E-state index in [0.29, 0.717) is 24.5 Å². The van der Waals surface area contributed by atoms with Gasteiger partial charge in [0.1, 0.15) is 28.8 Å². The standard InChI is InChI=1S/C25H23F3N8O/c1-14-12-35(13-18(29)24(14)36-10-9-31-34-36)21-7-8-30-11-20(21)33-25(37)19-6-5-17(28)23(32-19)22-15(26)3-2-4-16(22)27/h2-11,14,18,24H,12-13,29H2,1H3,(H,33,37)/t14-,18+,24-/m0/s1. The third-order valence-corrected chi connectivity index (χ3v) is 6.37. The number of nitrogens with zero attached hydrogens (tertiary/aromatic N) is 6. The largest absolute Gasteiger partial charge is 0.368 e. The number of carbonyl (C=O) groups excluding carboxylic acids is 1. The van der Waals surface area contributed by atoms with Crippen LogP contribution < -0.4 is 16.0 Å². The molecular weight excluding hydrogens is 485 g/mol. The Kier molecular flexibility index (Phi) is 6.57. The van der Waals surface area contributed by atoms with E-state index in [4.69, 9.17) is 5.73 Å². The molecule has 0 spiro atoms. The third kappa shape index (κ3) is 4.75. The first kappa shape index (κ1) is 24.4. The van der Waals surface area contributed by atoms with Gasteiger partial charge < -0.3 is 16.0 Å². The van der Waals surface area contributed by atoms with Gasteiger partial charge >= 0.3 is 0 Å². The molecule has 190 valence electrons. The summed E-state index contributed by atoms with van der Waals surface area (Å²) in [6.45, 7) is 3.16. The molecule has 1 aliphatic heterocycles. The van der Waals surface area contributed by atoms with Crippen LogP contribution in [0.4, 0.5) is 24.5 Å². The zero-order valence-corrected chi connectivity index (χ0v) is 19.7. The van der Waals surface area contributed by atoms with Gasteiger partial charge in [-0.3, -0.25) is 9.78 Å². The minimum atomic E-state index is -0.988. The Balaban J connectivity index is 1.40. The quantitative estimate of drug-likeness (QED) is 0.425. The van der Waals surface area contributed by atoms with E-state index in [2.05, 4.69) is 32.5 Å². The molecule has 37 heavy (non-hydrogen) atoms. The minimum Gasteiger partial charge on any atom is -0.368 e. The number of anilines is 2. The van der Waals surface area contributed by atoms with Crippen LogP contribution in [0.15, 0.2) is 61.2 Å². The van der Waals surface area contributed by atoms with Crippen molar-refractivity contribution in [2.24, 2.45) is 11.7 Å². The van der Waals surface area contributed by atoms with Gasteiger partial charge in [0.05, 0.1) is 35.4 Å². The zero-order chi connectivity index (χ0) is 26.1. The molecule has 3 aromatic heterocycles. The van der Waals surface area contributed by atoms with Crippen molar-refractivity contribution in [1.82, 2.24) is 25.0 Å². The molecule has 1 fully saturated rings. The summed E-state index contributed by atoms with van der Waals surface area (Å²) in [6.07, 6.45) is 6.47. The van der Waals surface area contributed by atoms with Crippen molar-refractivity contribution >= 4 is 17.3 Å². The summed E-state index contributed by atoms with van der Waals surface area (Å²) in [7, 11) is 0. The lowest BCUT2D eigenvalue weighted by atomic mass is 9.90. The number of hydrogen-bond donors (Lipinski definition) is 2. The molecule has 1 amide bonds. The van der Waals surface area contributed by atoms with E-state index in [1.54, 1.807) is 29.3 Å². The second kappa shape index (κ2) is 9.97. The fourth-order valence-corrected chi connectivity index (χ4v) is 4.76. The fraction of sp³-hybridized carbons (Fsp3) is 0.240. The highest BCUT2D eigenvalue weighted by Gasteiger charge is 2.35. The highest BCUT2D eigenvalue weighted by Crippen LogP contribution is 2.33. The van der Waals surface area contributed by atoms with Crippen molar-refractivity contribution in [2.45, 2.75) is 19.0 Å². The van der Waals surface area contributed by atoms with Gasteiger partial charge in [0, 0.05) is 31.5 Å². The van der Waals surface area contributed by atoms with E-state index < -0.39 is 34.6 Å². The summed E-state index contributed by atoms with van der Waals surface area (Å²) < 4.78 is 44.7. The molecule has 0 radical (unpaired) electrons. The van der Waals surface area contributed by atoms with Crippen LogP contribution >= 0.6 is 0 Å². The third-order valence-electron chi connectivity index (χ3n) is 6.37. The van der Waals surface area contributed by atoms with Crippen LogP contribution in [-0.2, 0) is 0 Å². The maximum absolute atomic E-state index is 14.5. The highest BCUT2D eigenvalue weighted by atomic mass is 19.1. The van der Waals surface area contributed by atoms with Gasteiger partial charge in [0.25, 0.3) is 5.91 Å². The average Bonchev–Trinajstić information content (AvgIpc) is 3.39. The van der Waals surface area contributed by atoms with Crippen molar-refractivity contribution in [3.8, 4) is 11.3 Å². The Morgan fingerprint density at radius 2 is 1.84 bits per heavy atom. The van der Waals surface area contributed by atoms with Gasteiger partial charge in [-0.15, -0.1) is 5.10 Å². The lowest BCUT2D eigenvalue weighted by Gasteiger charge is -2.42. The van der Waals surface area contributed by atoms with Crippen molar-refractivity contribution in [2.75, 3.05) is 23.3 Å². The summed E-state index contributed by atoms with van der Waals surface area (Å²) in [5, 5.41) is 10.7. The molecule has 12 heteroatoms. The van der Waals surface area contributed by atoms with Crippen molar-refractivity contribution in [3.05, 3.63) is 84.3 Å². The number of nitrogens with one attached hydrogen (secondary N) is 1. The summed E-state index contributed by atoms with van der Waals surface area (Å²) in [4.78, 5) is 23.2. The van der Waals surface area contributed by atoms with E-state index in [0.717, 1.165) is 30.3 Å². The maximum atomic E-state index is 14.5. The first-order valence-electron chi connectivity index (χ1n) is 11.6. The Labute approximate surface area is 210 Å². The van der Waals surface area contributed by atoms with Gasteiger partial charge in [-0.2, -0.15) is 0 Å². The van der Waals surface area contributed by atoms with Crippen LogP contribution in [0.3, 0.4) is 0 Å². The Bertz CT molecular complexity index is 1400. The number of benzene rings is 1. The number of pyridine rings is 2. The molecule has 0 aliphatic carbocycles. The second-order valence-electron chi connectivity index (χ2n) is 8.89. The van der Waals surface area contributed by atoms with E-state index in [9.17, 15) is 18.0 Å². The number of piperidine rings is 1. The van der Waals surface area contributed by atoms with Crippen LogP contribution in [0.2, 0.25) is 0 Å². The lowest BCUT2D eigenvalue weighted by Crippen LogP contribution is -2.53. The number of aromatic nitrogens is 5. The molecule has 1 aromatic carbocycles. The van der Waals surface area contributed by atoms with Gasteiger partial charge in [0.15, 0.2) is 0 Å². The van der Waals surface area contributed by atoms with Crippen LogP contribution in [0.5, 0.6) is 0 Å². The summed E-state index contributed by atoms with van der Waals surface area (Å²) in [5.41, 5.74) is 6.12. The van der Waals surface area contributed by atoms with Crippen molar-refractivity contribution < 1.29 is 18.0 Å². The Morgan fingerprint density at radius 1 is 1.05 bits per heavy atom. The molecule has 3 N–H and O–H groups in total. The number of amides is 1. The first-order chi connectivity index (χ1) is 17.8. The number of halogens is 3. The van der Waals surface area contributed by atoms with Gasteiger partial charge in [0.2, 0.25) is 0 Å². The predicted octanol–water partition coefficient (Wildman–Crippen LogP) is 3.43. The van der Waals surface area contributed by atoms with Gasteiger partial charge in [-0.25, -0.2) is 22.8 Å². The van der Waals surface area contributed by atoms with Crippen molar-refractivity contribution in [3.63, 3.8) is 0 Å². The van der Waals surface area contributed by atoms with E-state index >= 15 is 0 Å². The molecule has 3 atom stereocenters. The molecule has 4 aromatic rings.